The fourth-order valence-corrected chi connectivity index (χ4v) is 1.92. The predicted molar refractivity (Wildman–Crippen MR) is 56.7 cm³/mol. The molecule has 2 nitrogen and oxygen atoms in total. The van der Waals surface area contributed by atoms with Crippen molar-refractivity contribution in [2.45, 2.75) is 18.7 Å². The van der Waals surface area contributed by atoms with E-state index < -0.39 is 9.84 Å². The Balaban J connectivity index is 3.18. The zero-order valence-corrected chi connectivity index (χ0v) is 9.01. The van der Waals surface area contributed by atoms with E-state index in [4.69, 9.17) is 0 Å². The number of hydrogen-bond donors (Lipinski definition) is 0. The van der Waals surface area contributed by atoms with Crippen LogP contribution in [-0.4, -0.2) is 8.42 Å². The van der Waals surface area contributed by atoms with E-state index in [1.165, 1.54) is 0 Å². The zero-order chi connectivity index (χ0) is 10.6. The summed E-state index contributed by atoms with van der Waals surface area (Å²) in [6.45, 7) is 3.64. The standard InChI is InChI=1S/C11H12O2S/c1-3-4-9-14(12,13)11-7-5-10(2)6-8-11/h3,5-9H,1-2H3. The summed E-state index contributed by atoms with van der Waals surface area (Å²) in [5.41, 5.74) is 3.60. The number of sulfone groups is 1. The van der Waals surface area contributed by atoms with Gasteiger partial charge in [-0.25, -0.2) is 8.42 Å². The normalized spacial score (nSPS) is 10.4. The number of hydrogen-bond acceptors (Lipinski definition) is 2. The van der Waals surface area contributed by atoms with Crippen molar-refractivity contribution in [1.82, 2.24) is 0 Å². The second kappa shape index (κ2) is 4.27. The van der Waals surface area contributed by atoms with E-state index in [-0.39, 0.29) is 0 Å². The Labute approximate surface area is 84.5 Å². The molecule has 0 saturated carbocycles. The predicted octanol–water partition coefficient (Wildman–Crippen LogP) is 2.46. The minimum absolute atomic E-state index is 0.303. The average molecular weight is 208 g/mol. The Morgan fingerprint density at radius 2 is 1.79 bits per heavy atom. The van der Waals surface area contributed by atoms with Crippen LogP contribution in [0.5, 0.6) is 0 Å². The topological polar surface area (TPSA) is 34.1 Å². The largest absolute Gasteiger partial charge is 0.218 e. The van der Waals surface area contributed by atoms with Crippen LogP contribution in [0.4, 0.5) is 0 Å². The molecule has 0 spiro atoms. The molecule has 0 unspecified atom stereocenters. The van der Waals surface area contributed by atoms with Gasteiger partial charge in [-0.15, -0.1) is 5.73 Å². The third kappa shape index (κ3) is 2.59. The maximum atomic E-state index is 11.6. The Kier molecular flexibility index (Phi) is 3.28. The summed E-state index contributed by atoms with van der Waals surface area (Å²) in [4.78, 5) is 0.303. The van der Waals surface area contributed by atoms with Crippen molar-refractivity contribution in [1.29, 1.82) is 0 Å². The molecule has 74 valence electrons. The summed E-state index contributed by atoms with van der Waals surface area (Å²) in [6, 6.07) is 6.74. The van der Waals surface area contributed by atoms with E-state index in [1.54, 1.807) is 37.3 Å². The molecule has 0 aromatic heterocycles. The number of rotatable bonds is 2. The molecule has 0 amide bonds. The van der Waals surface area contributed by atoms with E-state index in [2.05, 4.69) is 5.73 Å². The van der Waals surface area contributed by atoms with E-state index in [0.29, 0.717) is 4.90 Å². The summed E-state index contributed by atoms with van der Waals surface area (Å²) in [5, 5.41) is 1.08. The molecule has 1 aromatic carbocycles. The highest BCUT2D eigenvalue weighted by molar-refractivity contribution is 7.94. The quantitative estimate of drug-likeness (QED) is 0.700. The molecule has 0 N–H and O–H groups in total. The highest BCUT2D eigenvalue weighted by Crippen LogP contribution is 2.12. The molecule has 0 radical (unpaired) electrons. The van der Waals surface area contributed by atoms with Gasteiger partial charge in [-0.1, -0.05) is 17.7 Å². The first-order valence-corrected chi connectivity index (χ1v) is 5.80. The Morgan fingerprint density at radius 1 is 1.21 bits per heavy atom. The fraction of sp³-hybridized carbons (Fsp3) is 0.182. The van der Waals surface area contributed by atoms with Crippen molar-refractivity contribution in [3.63, 3.8) is 0 Å². The lowest BCUT2D eigenvalue weighted by Crippen LogP contribution is -1.94. The summed E-state index contributed by atoms with van der Waals surface area (Å²) in [6.07, 6.45) is 1.56. The van der Waals surface area contributed by atoms with Gasteiger partial charge in [0.1, 0.15) is 0 Å². The minimum Gasteiger partial charge on any atom is -0.218 e. The number of aryl methyl sites for hydroxylation is 1. The van der Waals surface area contributed by atoms with Gasteiger partial charge in [0, 0.05) is 0 Å². The summed E-state index contributed by atoms with van der Waals surface area (Å²) in [5.74, 6) is 0. The zero-order valence-electron chi connectivity index (χ0n) is 8.19. The van der Waals surface area contributed by atoms with E-state index in [9.17, 15) is 8.42 Å². The number of benzene rings is 1. The Hall–Kier alpha value is -1.31. The number of allylic oxidation sites excluding steroid dienone is 1. The van der Waals surface area contributed by atoms with Crippen molar-refractivity contribution < 1.29 is 8.42 Å². The third-order valence-electron chi connectivity index (χ3n) is 1.74. The van der Waals surface area contributed by atoms with Crippen LogP contribution in [0, 0.1) is 6.92 Å². The molecule has 1 aromatic rings. The molecule has 0 aliphatic rings. The van der Waals surface area contributed by atoms with Gasteiger partial charge in [0.2, 0.25) is 9.84 Å². The lowest BCUT2D eigenvalue weighted by atomic mass is 10.2. The Bertz CT molecular complexity index is 461. The highest BCUT2D eigenvalue weighted by Gasteiger charge is 2.08. The van der Waals surface area contributed by atoms with Crippen LogP contribution < -0.4 is 0 Å². The van der Waals surface area contributed by atoms with Gasteiger partial charge in [-0.3, -0.25) is 0 Å². The average Bonchev–Trinajstić information content (AvgIpc) is 2.16. The van der Waals surface area contributed by atoms with Gasteiger partial charge in [0.05, 0.1) is 10.3 Å². The van der Waals surface area contributed by atoms with Crippen molar-refractivity contribution in [3.8, 4) is 0 Å². The maximum absolute atomic E-state index is 11.6. The molecule has 3 heteroatoms. The van der Waals surface area contributed by atoms with Crippen LogP contribution >= 0.6 is 0 Å². The minimum atomic E-state index is -3.31. The van der Waals surface area contributed by atoms with Gasteiger partial charge in [-0.2, -0.15) is 0 Å². The van der Waals surface area contributed by atoms with Gasteiger partial charge in [0.15, 0.2) is 0 Å². The van der Waals surface area contributed by atoms with Gasteiger partial charge in [0.25, 0.3) is 0 Å². The second-order valence-corrected chi connectivity index (χ2v) is 4.73. The monoisotopic (exact) mass is 208 g/mol. The molecule has 0 saturated heterocycles. The fourth-order valence-electron chi connectivity index (χ4n) is 0.954. The molecule has 0 heterocycles. The summed E-state index contributed by atoms with van der Waals surface area (Å²) in [7, 11) is -3.31. The lowest BCUT2D eigenvalue weighted by molar-refractivity contribution is 0.604. The molecule has 0 fully saturated rings. The van der Waals surface area contributed by atoms with Crippen LogP contribution in [-0.2, 0) is 9.84 Å². The molecular weight excluding hydrogens is 196 g/mol. The first-order valence-electron chi connectivity index (χ1n) is 4.25. The van der Waals surface area contributed by atoms with Crippen LogP contribution in [0.25, 0.3) is 0 Å². The van der Waals surface area contributed by atoms with Gasteiger partial charge in [-0.05, 0) is 32.1 Å². The third-order valence-corrected chi connectivity index (χ3v) is 3.11. The van der Waals surface area contributed by atoms with Crippen molar-refractivity contribution in [2.24, 2.45) is 0 Å². The first-order chi connectivity index (χ1) is 6.56. The van der Waals surface area contributed by atoms with Crippen LogP contribution in [0.1, 0.15) is 12.5 Å². The summed E-state index contributed by atoms with van der Waals surface area (Å²) < 4.78 is 23.1. The molecule has 14 heavy (non-hydrogen) atoms. The Morgan fingerprint density at radius 3 is 2.29 bits per heavy atom. The van der Waals surface area contributed by atoms with Crippen molar-refractivity contribution in [3.05, 3.63) is 47.0 Å². The molecule has 0 aliphatic heterocycles. The molecule has 1 rings (SSSR count). The molecule has 0 bridgehead atoms. The SMILES string of the molecule is CC=C=CS(=O)(=O)c1ccc(C)cc1. The van der Waals surface area contributed by atoms with Crippen LogP contribution in [0.15, 0.2) is 46.4 Å². The highest BCUT2D eigenvalue weighted by atomic mass is 32.2. The molecule has 0 atom stereocenters. The van der Waals surface area contributed by atoms with Crippen molar-refractivity contribution in [2.75, 3.05) is 0 Å². The van der Waals surface area contributed by atoms with Gasteiger partial charge >= 0.3 is 0 Å². The lowest BCUT2D eigenvalue weighted by Gasteiger charge is -1.97. The molecule has 0 aliphatic carbocycles. The smallest absolute Gasteiger partial charge is 0.207 e. The second-order valence-electron chi connectivity index (χ2n) is 2.93. The van der Waals surface area contributed by atoms with Crippen molar-refractivity contribution >= 4 is 9.84 Å². The van der Waals surface area contributed by atoms with E-state index in [0.717, 1.165) is 11.0 Å². The maximum Gasteiger partial charge on any atom is 0.207 e. The van der Waals surface area contributed by atoms with Gasteiger partial charge < -0.3 is 0 Å². The summed E-state index contributed by atoms with van der Waals surface area (Å²) >= 11 is 0. The first kappa shape index (κ1) is 10.8. The van der Waals surface area contributed by atoms with E-state index >= 15 is 0 Å². The van der Waals surface area contributed by atoms with Crippen LogP contribution in [0.3, 0.4) is 0 Å². The van der Waals surface area contributed by atoms with Crippen LogP contribution in [0.2, 0.25) is 0 Å². The molecular formula is C11H12O2S. The van der Waals surface area contributed by atoms with E-state index in [1.807, 2.05) is 6.92 Å².